The predicted molar refractivity (Wildman–Crippen MR) is 59.7 cm³/mol. The highest BCUT2D eigenvalue weighted by Crippen LogP contribution is 2.14. The van der Waals surface area contributed by atoms with E-state index in [0.717, 1.165) is 0 Å². The van der Waals surface area contributed by atoms with E-state index in [2.05, 4.69) is 0 Å². The molecular formula is C11H16N2O2. The number of likely N-dealkylation sites (N-methyl/N-ethyl adjacent to an activating group) is 1. The maximum absolute atomic E-state index is 11.7. The first kappa shape index (κ1) is 11.7. The molecule has 0 atom stereocenters. The Hall–Kier alpha value is -1.39. The Bertz CT molecular complexity index is 362. The second-order valence-electron chi connectivity index (χ2n) is 3.73. The van der Waals surface area contributed by atoms with Crippen LogP contribution in [0.15, 0.2) is 18.2 Å². The van der Waals surface area contributed by atoms with Gasteiger partial charge < -0.3 is 15.7 Å². The van der Waals surface area contributed by atoms with Crippen LogP contribution >= 0.6 is 0 Å². The molecule has 0 aliphatic heterocycles. The van der Waals surface area contributed by atoms with Gasteiger partial charge in [-0.2, -0.15) is 0 Å². The van der Waals surface area contributed by atoms with Gasteiger partial charge in [-0.25, -0.2) is 0 Å². The van der Waals surface area contributed by atoms with Crippen molar-refractivity contribution < 1.29 is 9.90 Å². The van der Waals surface area contributed by atoms with Gasteiger partial charge in [-0.3, -0.25) is 4.79 Å². The van der Waals surface area contributed by atoms with Gasteiger partial charge in [-0.1, -0.05) is 0 Å². The molecule has 0 heterocycles. The molecule has 0 bridgehead atoms. The summed E-state index contributed by atoms with van der Waals surface area (Å²) in [6, 6.07) is 4.97. The molecule has 0 radical (unpaired) electrons. The van der Waals surface area contributed by atoms with E-state index in [1.54, 1.807) is 23.1 Å². The first-order valence-electron chi connectivity index (χ1n) is 4.71. The number of aliphatic hydroxyl groups is 1. The lowest BCUT2D eigenvalue weighted by atomic mass is 10.1. The van der Waals surface area contributed by atoms with Gasteiger partial charge in [0, 0.05) is 16.8 Å². The molecule has 0 aromatic heterocycles. The maximum Gasteiger partial charge on any atom is 0.176 e. The highest BCUT2D eigenvalue weighted by molar-refractivity contribution is 5.98. The van der Waals surface area contributed by atoms with Gasteiger partial charge in [0.25, 0.3) is 0 Å². The zero-order valence-electron chi connectivity index (χ0n) is 9.03. The summed E-state index contributed by atoms with van der Waals surface area (Å²) in [6.07, 6.45) is 0. The topological polar surface area (TPSA) is 66.6 Å². The molecule has 3 N–H and O–H groups in total. The third-order valence-electron chi connectivity index (χ3n) is 2.10. The Balaban J connectivity index is 2.91. The number of nitrogens with two attached hydrogens (primary N) is 1. The molecule has 0 aliphatic rings. The summed E-state index contributed by atoms with van der Waals surface area (Å²) in [7, 11) is 3.67. The van der Waals surface area contributed by atoms with Crippen LogP contribution in [0.4, 0.5) is 5.69 Å². The predicted octanol–water partition coefficient (Wildman–Crippen LogP) is 0.505. The van der Waals surface area contributed by atoms with Crippen LogP contribution in [0.2, 0.25) is 0 Å². The van der Waals surface area contributed by atoms with E-state index in [9.17, 15) is 4.79 Å². The number of Topliss-reactive ketones (excluding diaryl/α,β-unsaturated/α-hetero) is 1. The van der Waals surface area contributed by atoms with E-state index >= 15 is 0 Å². The molecule has 4 nitrogen and oxygen atoms in total. The van der Waals surface area contributed by atoms with Gasteiger partial charge in [0.15, 0.2) is 5.78 Å². The number of ketones is 1. The number of benzene rings is 1. The minimum atomic E-state index is -0.144. The van der Waals surface area contributed by atoms with Crippen molar-refractivity contribution in [3.63, 3.8) is 0 Å². The molecule has 1 aromatic carbocycles. The van der Waals surface area contributed by atoms with Gasteiger partial charge in [0.1, 0.15) is 0 Å². The lowest BCUT2D eigenvalue weighted by Gasteiger charge is -2.09. The smallest absolute Gasteiger partial charge is 0.176 e. The second-order valence-corrected chi connectivity index (χ2v) is 3.73. The molecule has 0 spiro atoms. The molecule has 0 fully saturated rings. The van der Waals surface area contributed by atoms with E-state index in [-0.39, 0.29) is 12.4 Å². The molecular weight excluding hydrogens is 192 g/mol. The van der Waals surface area contributed by atoms with Gasteiger partial charge >= 0.3 is 0 Å². The largest absolute Gasteiger partial charge is 0.398 e. The first-order chi connectivity index (χ1) is 7.04. The number of hydrogen-bond acceptors (Lipinski definition) is 4. The van der Waals surface area contributed by atoms with Crippen molar-refractivity contribution in [1.82, 2.24) is 4.90 Å². The number of aliphatic hydroxyl groups excluding tert-OH is 1. The third kappa shape index (κ3) is 3.04. The molecule has 0 saturated heterocycles. The normalized spacial score (nSPS) is 10.7. The first-order valence-corrected chi connectivity index (χ1v) is 4.71. The summed E-state index contributed by atoms with van der Waals surface area (Å²) in [4.78, 5) is 13.5. The monoisotopic (exact) mass is 208 g/mol. The number of anilines is 1. The fraction of sp³-hybridized carbons (Fsp3) is 0.364. The van der Waals surface area contributed by atoms with Crippen molar-refractivity contribution >= 4 is 11.5 Å². The fourth-order valence-electron chi connectivity index (χ4n) is 1.29. The van der Waals surface area contributed by atoms with Crippen LogP contribution in [0, 0.1) is 0 Å². The lowest BCUT2D eigenvalue weighted by Crippen LogP contribution is -2.21. The highest BCUT2D eigenvalue weighted by atomic mass is 16.3. The number of nitrogen functional groups attached to an aromatic ring is 1. The Labute approximate surface area is 89.3 Å². The number of nitrogens with zero attached hydrogens (tertiary/aromatic N) is 1. The molecule has 0 saturated carbocycles. The molecule has 0 amide bonds. The van der Waals surface area contributed by atoms with Crippen LogP contribution in [-0.4, -0.2) is 36.4 Å². The highest BCUT2D eigenvalue weighted by Gasteiger charge is 2.08. The zero-order chi connectivity index (χ0) is 11.4. The minimum absolute atomic E-state index is 0.0229. The van der Waals surface area contributed by atoms with E-state index < -0.39 is 0 Å². The Morgan fingerprint density at radius 3 is 2.67 bits per heavy atom. The minimum Gasteiger partial charge on any atom is -0.398 e. The Morgan fingerprint density at radius 1 is 1.47 bits per heavy atom. The van der Waals surface area contributed by atoms with Crippen LogP contribution < -0.4 is 5.73 Å². The van der Waals surface area contributed by atoms with Crippen LogP contribution in [0.25, 0.3) is 0 Å². The average Bonchev–Trinajstić information content (AvgIpc) is 2.17. The molecule has 1 rings (SSSR count). The lowest BCUT2D eigenvalue weighted by molar-refractivity contribution is 0.0957. The number of carbonyl (C=O) groups is 1. The molecule has 4 heteroatoms. The summed E-state index contributed by atoms with van der Waals surface area (Å²) < 4.78 is 0. The summed E-state index contributed by atoms with van der Waals surface area (Å²) >= 11 is 0. The van der Waals surface area contributed by atoms with Gasteiger partial charge in [0.05, 0.1) is 13.2 Å². The molecule has 0 unspecified atom stereocenters. The summed E-state index contributed by atoms with van der Waals surface area (Å²) in [5, 5.41) is 9.00. The quantitative estimate of drug-likeness (QED) is 0.558. The maximum atomic E-state index is 11.7. The SMILES string of the molecule is CN(C)CC(=O)c1ccc(N)c(CO)c1. The number of rotatable bonds is 4. The van der Waals surface area contributed by atoms with E-state index in [1.807, 2.05) is 14.1 Å². The zero-order valence-corrected chi connectivity index (χ0v) is 9.03. The van der Waals surface area contributed by atoms with Crippen molar-refractivity contribution in [2.75, 3.05) is 26.4 Å². The van der Waals surface area contributed by atoms with Gasteiger partial charge in [-0.05, 0) is 32.3 Å². The van der Waals surface area contributed by atoms with Crippen molar-refractivity contribution in [2.45, 2.75) is 6.61 Å². The molecule has 82 valence electrons. The second kappa shape index (κ2) is 4.91. The van der Waals surface area contributed by atoms with Crippen molar-refractivity contribution in [2.24, 2.45) is 0 Å². The van der Waals surface area contributed by atoms with Crippen LogP contribution in [0.1, 0.15) is 15.9 Å². The third-order valence-corrected chi connectivity index (χ3v) is 2.10. The van der Waals surface area contributed by atoms with Crippen molar-refractivity contribution in [1.29, 1.82) is 0 Å². The molecule has 0 aliphatic carbocycles. The van der Waals surface area contributed by atoms with E-state index in [0.29, 0.717) is 23.4 Å². The molecule has 1 aromatic rings. The summed E-state index contributed by atoms with van der Waals surface area (Å²) in [5.41, 5.74) is 7.31. The van der Waals surface area contributed by atoms with E-state index in [1.165, 1.54) is 0 Å². The van der Waals surface area contributed by atoms with Crippen LogP contribution in [0.3, 0.4) is 0 Å². The van der Waals surface area contributed by atoms with E-state index in [4.69, 9.17) is 10.8 Å². The summed E-state index contributed by atoms with van der Waals surface area (Å²) in [6.45, 7) is 0.212. The summed E-state index contributed by atoms with van der Waals surface area (Å²) in [5.74, 6) is 0.0229. The van der Waals surface area contributed by atoms with Crippen LogP contribution in [-0.2, 0) is 6.61 Å². The van der Waals surface area contributed by atoms with Crippen molar-refractivity contribution in [3.05, 3.63) is 29.3 Å². The fourth-order valence-corrected chi connectivity index (χ4v) is 1.29. The van der Waals surface area contributed by atoms with Crippen molar-refractivity contribution in [3.8, 4) is 0 Å². The standard InChI is InChI=1S/C11H16N2O2/c1-13(2)6-11(15)8-3-4-10(12)9(5-8)7-14/h3-5,14H,6-7,12H2,1-2H3. The average molecular weight is 208 g/mol. The molecule has 15 heavy (non-hydrogen) atoms. The van der Waals surface area contributed by atoms with Gasteiger partial charge in [-0.15, -0.1) is 0 Å². The Kier molecular flexibility index (Phi) is 3.82. The Morgan fingerprint density at radius 2 is 2.13 bits per heavy atom. The number of hydrogen-bond donors (Lipinski definition) is 2. The number of carbonyl (C=O) groups excluding carboxylic acids is 1. The van der Waals surface area contributed by atoms with Gasteiger partial charge in [0.2, 0.25) is 0 Å². The van der Waals surface area contributed by atoms with Crippen LogP contribution in [0.5, 0.6) is 0 Å².